The van der Waals surface area contributed by atoms with E-state index in [1.165, 1.54) is 30.6 Å². The number of allylic oxidation sites excluding steroid dienone is 1. The number of carbonyl (C=O) groups is 5. The van der Waals surface area contributed by atoms with Crippen LogP contribution in [0.5, 0.6) is 0 Å². The second kappa shape index (κ2) is 20.8. The van der Waals surface area contributed by atoms with Crippen LogP contribution in [0, 0.1) is 6.92 Å². The van der Waals surface area contributed by atoms with E-state index in [1.54, 1.807) is 51.2 Å². The number of alkyl halides is 3. The first-order chi connectivity index (χ1) is 24.8. The van der Waals surface area contributed by atoms with Gasteiger partial charge in [-0.2, -0.15) is 13.2 Å². The molecular weight excluding hydrogens is 681 g/mol. The lowest BCUT2D eigenvalue weighted by Gasteiger charge is -2.16. The van der Waals surface area contributed by atoms with Gasteiger partial charge in [0.2, 0.25) is 18.2 Å². The van der Waals surface area contributed by atoms with Gasteiger partial charge < -0.3 is 31.9 Å². The van der Waals surface area contributed by atoms with Crippen molar-refractivity contribution in [3.05, 3.63) is 114 Å². The van der Waals surface area contributed by atoms with Crippen molar-refractivity contribution in [2.45, 2.75) is 32.5 Å². The van der Waals surface area contributed by atoms with Crippen LogP contribution in [-0.2, 0) is 20.6 Å². The molecule has 0 saturated heterocycles. The molecule has 0 aliphatic heterocycles. The van der Waals surface area contributed by atoms with Crippen molar-refractivity contribution in [2.24, 2.45) is 9.98 Å². The summed E-state index contributed by atoms with van der Waals surface area (Å²) in [5.74, 6) is -2.17. The van der Waals surface area contributed by atoms with Crippen LogP contribution in [0.3, 0.4) is 0 Å². The zero-order valence-corrected chi connectivity index (χ0v) is 28.6. The largest absolute Gasteiger partial charge is 0.416 e. The number of aryl methyl sites for hydroxylation is 1. The zero-order chi connectivity index (χ0) is 38.7. The molecule has 1 atom stereocenters. The molecule has 3 aromatic rings. The highest BCUT2D eigenvalue weighted by Crippen LogP contribution is 2.29. The summed E-state index contributed by atoms with van der Waals surface area (Å²) >= 11 is 0. The summed E-state index contributed by atoms with van der Waals surface area (Å²) in [5, 5.41) is 15.8. The maximum absolute atomic E-state index is 13.1. The van der Waals surface area contributed by atoms with E-state index in [2.05, 4.69) is 55.2 Å². The van der Waals surface area contributed by atoms with Gasteiger partial charge in [0.15, 0.2) is 0 Å². The van der Waals surface area contributed by atoms with E-state index in [4.69, 9.17) is 4.79 Å². The molecule has 3 aromatic carbocycles. The summed E-state index contributed by atoms with van der Waals surface area (Å²) in [5.41, 5.74) is 1.12. The Bertz CT molecular complexity index is 1830. The molecule has 0 aliphatic carbocycles. The van der Waals surface area contributed by atoms with Crippen LogP contribution in [0.2, 0.25) is 0 Å². The van der Waals surface area contributed by atoms with E-state index in [1.807, 2.05) is 0 Å². The average molecular weight is 721 g/mol. The molecule has 0 aliphatic rings. The smallest absolute Gasteiger partial charge is 0.366 e. The minimum Gasteiger partial charge on any atom is -0.366 e. The Hall–Kier alpha value is -6.58. The second-order valence-electron chi connectivity index (χ2n) is 10.6. The van der Waals surface area contributed by atoms with Gasteiger partial charge in [0, 0.05) is 41.5 Å². The fourth-order valence-corrected chi connectivity index (χ4v) is 4.18. The van der Waals surface area contributed by atoms with E-state index >= 15 is 0 Å². The second-order valence-corrected chi connectivity index (χ2v) is 10.6. The van der Waals surface area contributed by atoms with Crippen molar-refractivity contribution in [2.75, 3.05) is 29.7 Å². The number of rotatable bonds is 15. The maximum atomic E-state index is 13.1. The van der Waals surface area contributed by atoms with E-state index in [-0.39, 0.29) is 35.1 Å². The highest BCUT2D eigenvalue weighted by Gasteiger charge is 2.31. The van der Waals surface area contributed by atoms with Crippen LogP contribution in [0.4, 0.5) is 30.2 Å². The average Bonchev–Trinajstić information content (AvgIpc) is 3.12. The number of halogens is 3. The lowest BCUT2D eigenvalue weighted by atomic mass is 10.1. The van der Waals surface area contributed by atoms with Crippen LogP contribution in [0.1, 0.15) is 45.2 Å². The van der Waals surface area contributed by atoms with Crippen LogP contribution >= 0.6 is 0 Å². The molecule has 0 heterocycles. The molecule has 16 heteroatoms. The predicted molar refractivity (Wildman–Crippen MR) is 195 cm³/mol. The Labute approximate surface area is 298 Å². The Kier molecular flexibility index (Phi) is 16.7. The number of benzene rings is 3. The fraction of sp³-hybridized carbons (Fsp3) is 0.194. The Balaban J connectivity index is 0.00000222. The van der Waals surface area contributed by atoms with Gasteiger partial charge in [-0.15, -0.1) is 0 Å². The quantitative estimate of drug-likeness (QED) is 0.0725. The molecule has 3 rings (SSSR count). The summed E-state index contributed by atoms with van der Waals surface area (Å²) in [7, 11) is 1.56. The van der Waals surface area contributed by atoms with Gasteiger partial charge in [0.05, 0.1) is 17.5 Å². The van der Waals surface area contributed by atoms with E-state index in [9.17, 15) is 32.3 Å². The molecule has 1 unspecified atom stereocenters. The van der Waals surface area contributed by atoms with Gasteiger partial charge in [-0.3, -0.25) is 34.0 Å². The molecule has 274 valence electrons. The molecule has 0 bridgehead atoms. The van der Waals surface area contributed by atoms with Gasteiger partial charge in [-0.1, -0.05) is 31.7 Å². The van der Waals surface area contributed by atoms with Crippen LogP contribution < -0.4 is 31.9 Å². The summed E-state index contributed by atoms with van der Waals surface area (Å²) in [4.78, 5) is 67.0. The molecule has 0 saturated carbocycles. The van der Waals surface area contributed by atoms with E-state index < -0.39 is 35.5 Å². The third kappa shape index (κ3) is 13.7. The molecule has 5 amide bonds. The van der Waals surface area contributed by atoms with Crippen molar-refractivity contribution < 1.29 is 37.1 Å². The predicted octanol–water partition coefficient (Wildman–Crippen LogP) is 5.06. The minimum atomic E-state index is -4.60. The topological polar surface area (TPSA) is 182 Å². The first kappa shape index (κ1) is 41.6. The number of hydrogen-bond donors (Lipinski definition) is 6. The zero-order valence-electron chi connectivity index (χ0n) is 28.6. The first-order valence-electron chi connectivity index (χ1n) is 15.5. The molecule has 52 heavy (non-hydrogen) atoms. The Morgan fingerprint density at radius 1 is 0.923 bits per heavy atom. The number of carbonyl (C=O) groups excluding carboxylic acids is 5. The third-order valence-electron chi connectivity index (χ3n) is 6.76. The molecular formula is C36H39F3N8O5. The fourth-order valence-electron chi connectivity index (χ4n) is 4.18. The monoisotopic (exact) mass is 720 g/mol. The van der Waals surface area contributed by atoms with Gasteiger partial charge in [-0.25, -0.2) is 0 Å². The van der Waals surface area contributed by atoms with Gasteiger partial charge in [0.1, 0.15) is 12.7 Å². The number of aliphatic imine (C=N–C) groups is 2. The van der Waals surface area contributed by atoms with Crippen molar-refractivity contribution in [1.82, 2.24) is 16.0 Å². The van der Waals surface area contributed by atoms with Crippen molar-refractivity contribution in [3.8, 4) is 0 Å². The summed E-state index contributed by atoms with van der Waals surface area (Å²) < 4.78 is 39.2. The molecule has 6 N–H and O–H groups in total. The van der Waals surface area contributed by atoms with E-state index in [0.717, 1.165) is 24.3 Å². The highest BCUT2D eigenvalue weighted by atomic mass is 19.4. The highest BCUT2D eigenvalue weighted by molar-refractivity contribution is 6.06. The number of nitrogens with zero attached hydrogens (tertiary/aromatic N) is 2. The normalized spacial score (nSPS) is 11.5. The lowest BCUT2D eigenvalue weighted by molar-refractivity contribution is -0.137. The summed E-state index contributed by atoms with van der Waals surface area (Å²) in [6.07, 6.45) is 0.130. The number of anilines is 3. The van der Waals surface area contributed by atoms with Crippen LogP contribution in [0.25, 0.3) is 0 Å². The SMILES string of the molecule is C=CC(=O)NC(CC)C(=O)Nc1cccc(NC/N=C\C(=C/N=C)NC(=O)c2cc(NC(=O)c3cccc(C(F)(F)F)c3)ccc2C)c1.CNC=O. The standard InChI is InChI=1S/C34H34F3N7O4.C2H5NO/c1-5-29(44-30(45)6-2)33(48)42-25-12-8-11-24(16-25)40-20-39-19-27(18-38-4)43-32(47)28-17-26(14-13-21(28)3)41-31(46)22-9-7-10-23(15-22)34(35,36)37;1-3-2-4/h6-19,29,40H,2,4-5,20H2,1,3H3,(H,41,46)(H,42,48)(H,43,47)(H,44,45);2H,1H3,(H,3,4)/b27-18+,39-19-;. The van der Waals surface area contributed by atoms with E-state index in [0.29, 0.717) is 29.8 Å². The number of hydrogen-bond acceptors (Lipinski definition) is 8. The molecule has 0 radical (unpaired) electrons. The Morgan fingerprint density at radius 2 is 1.60 bits per heavy atom. The van der Waals surface area contributed by atoms with Gasteiger partial charge >= 0.3 is 6.18 Å². The van der Waals surface area contributed by atoms with Crippen LogP contribution in [-0.4, -0.2) is 62.7 Å². The van der Waals surface area contributed by atoms with Gasteiger partial charge in [0.25, 0.3) is 11.8 Å². The molecule has 0 spiro atoms. The third-order valence-corrected chi connectivity index (χ3v) is 6.76. The molecule has 0 fully saturated rings. The summed E-state index contributed by atoms with van der Waals surface area (Å²) in [6.45, 7) is 10.3. The molecule has 13 nitrogen and oxygen atoms in total. The molecule has 0 aromatic heterocycles. The van der Waals surface area contributed by atoms with Crippen molar-refractivity contribution in [1.29, 1.82) is 0 Å². The maximum Gasteiger partial charge on any atom is 0.416 e. The number of nitrogens with one attached hydrogen (secondary N) is 6. The number of amides is 5. The van der Waals surface area contributed by atoms with Crippen molar-refractivity contribution >= 4 is 60.0 Å². The minimum absolute atomic E-state index is 0.0742. The van der Waals surface area contributed by atoms with Crippen LogP contribution in [0.15, 0.2) is 101 Å². The summed E-state index contributed by atoms with van der Waals surface area (Å²) in [6, 6.07) is 14.6. The Morgan fingerprint density at radius 3 is 2.23 bits per heavy atom. The first-order valence-corrected chi connectivity index (χ1v) is 15.5. The lowest BCUT2D eigenvalue weighted by Crippen LogP contribution is -2.42. The van der Waals surface area contributed by atoms with Gasteiger partial charge in [-0.05, 0) is 80.2 Å². The van der Waals surface area contributed by atoms with Crippen molar-refractivity contribution in [3.63, 3.8) is 0 Å².